The third kappa shape index (κ3) is 4.06. The van der Waals surface area contributed by atoms with Gasteiger partial charge in [0, 0.05) is 12.6 Å². The Kier molecular flexibility index (Phi) is 4.32. The molecule has 2 N–H and O–H groups in total. The Morgan fingerprint density at radius 1 is 1.37 bits per heavy atom. The van der Waals surface area contributed by atoms with Crippen LogP contribution in [0.1, 0.15) is 44.3 Å². The standard InChI is InChI=1S/C13H22N2O3S/c1-9-4-7-13(18-9)11(3)15-19(16,17)10(2)8-14-12-5-6-12/h4,7,10-12,14-15H,5-6,8H2,1-3H3. The Morgan fingerprint density at radius 2 is 2.05 bits per heavy atom. The molecule has 0 aliphatic heterocycles. The monoisotopic (exact) mass is 286 g/mol. The molecule has 108 valence electrons. The van der Waals surface area contributed by atoms with Crippen LogP contribution in [0, 0.1) is 6.92 Å². The Bertz CT molecular complexity index is 520. The lowest BCUT2D eigenvalue weighted by atomic mass is 10.3. The van der Waals surface area contributed by atoms with Crippen molar-refractivity contribution in [2.24, 2.45) is 0 Å². The van der Waals surface area contributed by atoms with Crippen molar-refractivity contribution in [3.05, 3.63) is 23.7 Å². The molecule has 1 aromatic rings. The van der Waals surface area contributed by atoms with Gasteiger partial charge in [-0.3, -0.25) is 0 Å². The van der Waals surface area contributed by atoms with Gasteiger partial charge in [0.1, 0.15) is 11.5 Å². The summed E-state index contributed by atoms with van der Waals surface area (Å²) >= 11 is 0. The highest BCUT2D eigenvalue weighted by molar-refractivity contribution is 7.90. The van der Waals surface area contributed by atoms with E-state index < -0.39 is 15.3 Å². The topological polar surface area (TPSA) is 71.3 Å². The summed E-state index contributed by atoms with van der Waals surface area (Å²) in [6.07, 6.45) is 2.31. The number of aryl methyl sites for hydroxylation is 1. The summed E-state index contributed by atoms with van der Waals surface area (Å²) in [6.45, 7) is 5.84. The van der Waals surface area contributed by atoms with E-state index in [9.17, 15) is 8.42 Å². The molecule has 1 fully saturated rings. The number of furan rings is 1. The molecule has 1 aliphatic rings. The maximum absolute atomic E-state index is 12.2. The molecule has 0 bridgehead atoms. The maximum Gasteiger partial charge on any atom is 0.216 e. The average Bonchev–Trinajstić information content (AvgIpc) is 3.06. The van der Waals surface area contributed by atoms with E-state index in [-0.39, 0.29) is 6.04 Å². The Hall–Kier alpha value is -0.850. The molecule has 2 unspecified atom stereocenters. The van der Waals surface area contributed by atoms with Gasteiger partial charge in [-0.1, -0.05) is 0 Å². The molecule has 0 aromatic carbocycles. The highest BCUT2D eigenvalue weighted by Gasteiger charge is 2.27. The number of sulfonamides is 1. The minimum atomic E-state index is -3.34. The van der Waals surface area contributed by atoms with Crippen molar-refractivity contribution in [3.8, 4) is 0 Å². The molecule has 6 heteroatoms. The Balaban J connectivity index is 1.91. The second kappa shape index (κ2) is 5.64. The van der Waals surface area contributed by atoms with E-state index in [1.54, 1.807) is 19.9 Å². The molecule has 2 atom stereocenters. The third-order valence-corrected chi connectivity index (χ3v) is 5.24. The molecule has 1 aromatic heterocycles. The first-order valence-electron chi connectivity index (χ1n) is 6.69. The first kappa shape index (κ1) is 14.6. The van der Waals surface area contributed by atoms with Gasteiger partial charge in [0.05, 0.1) is 11.3 Å². The predicted molar refractivity (Wildman–Crippen MR) is 74.4 cm³/mol. The largest absolute Gasteiger partial charge is 0.465 e. The molecule has 1 saturated carbocycles. The Labute approximate surface area is 114 Å². The van der Waals surface area contributed by atoms with E-state index >= 15 is 0 Å². The molecule has 0 spiro atoms. The van der Waals surface area contributed by atoms with Gasteiger partial charge in [-0.15, -0.1) is 0 Å². The zero-order chi connectivity index (χ0) is 14.0. The van der Waals surface area contributed by atoms with E-state index in [1.165, 1.54) is 0 Å². The summed E-state index contributed by atoms with van der Waals surface area (Å²) < 4.78 is 32.4. The zero-order valence-corrected chi connectivity index (χ0v) is 12.5. The van der Waals surface area contributed by atoms with Crippen LogP contribution in [-0.4, -0.2) is 26.3 Å². The van der Waals surface area contributed by atoms with Crippen molar-refractivity contribution in [2.45, 2.75) is 50.9 Å². The zero-order valence-electron chi connectivity index (χ0n) is 11.6. The second-order valence-electron chi connectivity index (χ2n) is 5.33. The van der Waals surface area contributed by atoms with Crippen LogP contribution in [0.4, 0.5) is 0 Å². The molecule has 1 aliphatic carbocycles. The van der Waals surface area contributed by atoms with Gasteiger partial charge in [-0.2, -0.15) is 0 Å². The quantitative estimate of drug-likeness (QED) is 0.800. The Morgan fingerprint density at radius 3 is 2.58 bits per heavy atom. The van der Waals surface area contributed by atoms with Crippen molar-refractivity contribution >= 4 is 10.0 Å². The summed E-state index contributed by atoms with van der Waals surface area (Å²) in [4.78, 5) is 0. The highest BCUT2D eigenvalue weighted by atomic mass is 32.2. The molecule has 2 rings (SSSR count). The van der Waals surface area contributed by atoms with E-state index in [2.05, 4.69) is 10.0 Å². The first-order valence-corrected chi connectivity index (χ1v) is 8.24. The smallest absolute Gasteiger partial charge is 0.216 e. The summed E-state index contributed by atoms with van der Waals surface area (Å²) in [5.74, 6) is 1.42. The fraction of sp³-hybridized carbons (Fsp3) is 0.692. The minimum Gasteiger partial charge on any atom is -0.465 e. The van der Waals surface area contributed by atoms with E-state index in [4.69, 9.17) is 4.42 Å². The van der Waals surface area contributed by atoms with Crippen LogP contribution in [-0.2, 0) is 10.0 Å². The summed E-state index contributed by atoms with van der Waals surface area (Å²) in [7, 11) is -3.34. The van der Waals surface area contributed by atoms with Gasteiger partial charge >= 0.3 is 0 Å². The van der Waals surface area contributed by atoms with Crippen LogP contribution in [0.3, 0.4) is 0 Å². The maximum atomic E-state index is 12.2. The summed E-state index contributed by atoms with van der Waals surface area (Å²) in [5, 5.41) is 2.78. The fourth-order valence-electron chi connectivity index (χ4n) is 1.84. The normalized spacial score (nSPS) is 19.3. The molecular weight excluding hydrogens is 264 g/mol. The van der Waals surface area contributed by atoms with E-state index in [0.717, 1.165) is 18.6 Å². The lowest BCUT2D eigenvalue weighted by Gasteiger charge is -2.17. The van der Waals surface area contributed by atoms with Crippen LogP contribution in [0.5, 0.6) is 0 Å². The lowest BCUT2D eigenvalue weighted by Crippen LogP contribution is -2.40. The van der Waals surface area contributed by atoms with Crippen LogP contribution >= 0.6 is 0 Å². The van der Waals surface area contributed by atoms with Gasteiger partial charge in [-0.25, -0.2) is 13.1 Å². The number of nitrogens with one attached hydrogen (secondary N) is 2. The number of hydrogen-bond acceptors (Lipinski definition) is 4. The van der Waals surface area contributed by atoms with Crippen LogP contribution in [0.25, 0.3) is 0 Å². The van der Waals surface area contributed by atoms with Gasteiger partial charge in [0.15, 0.2) is 0 Å². The highest BCUT2D eigenvalue weighted by Crippen LogP contribution is 2.20. The van der Waals surface area contributed by atoms with Crippen molar-refractivity contribution in [1.29, 1.82) is 0 Å². The molecule has 5 nitrogen and oxygen atoms in total. The average molecular weight is 286 g/mol. The molecule has 19 heavy (non-hydrogen) atoms. The predicted octanol–water partition coefficient (Wildman–Crippen LogP) is 1.71. The number of rotatable bonds is 7. The molecule has 0 radical (unpaired) electrons. The SMILES string of the molecule is Cc1ccc(C(C)NS(=O)(=O)C(C)CNC2CC2)o1. The van der Waals surface area contributed by atoms with Gasteiger partial charge in [-0.05, 0) is 45.7 Å². The summed E-state index contributed by atoms with van der Waals surface area (Å²) in [6, 6.07) is 3.80. The lowest BCUT2D eigenvalue weighted by molar-refractivity contribution is 0.439. The van der Waals surface area contributed by atoms with Gasteiger partial charge < -0.3 is 9.73 Å². The first-order chi connectivity index (χ1) is 8.88. The molecule has 1 heterocycles. The number of hydrogen-bond donors (Lipinski definition) is 2. The van der Waals surface area contributed by atoms with Gasteiger partial charge in [0.25, 0.3) is 0 Å². The van der Waals surface area contributed by atoms with Crippen molar-refractivity contribution in [2.75, 3.05) is 6.54 Å². The molecule has 0 amide bonds. The second-order valence-corrected chi connectivity index (χ2v) is 7.46. The van der Waals surface area contributed by atoms with Crippen molar-refractivity contribution < 1.29 is 12.8 Å². The minimum absolute atomic E-state index is 0.345. The van der Waals surface area contributed by atoms with E-state index in [1.807, 2.05) is 13.0 Å². The van der Waals surface area contributed by atoms with Gasteiger partial charge in [0.2, 0.25) is 10.0 Å². The van der Waals surface area contributed by atoms with E-state index in [0.29, 0.717) is 18.3 Å². The van der Waals surface area contributed by atoms with Crippen LogP contribution in [0.2, 0.25) is 0 Å². The molecule has 0 saturated heterocycles. The third-order valence-electron chi connectivity index (χ3n) is 3.33. The van der Waals surface area contributed by atoms with Crippen molar-refractivity contribution in [3.63, 3.8) is 0 Å². The van der Waals surface area contributed by atoms with Crippen LogP contribution < -0.4 is 10.0 Å². The van der Waals surface area contributed by atoms with Crippen molar-refractivity contribution in [1.82, 2.24) is 10.0 Å². The fourth-order valence-corrected chi connectivity index (χ4v) is 2.99. The summed E-state index contributed by atoms with van der Waals surface area (Å²) in [5.41, 5.74) is 0. The van der Waals surface area contributed by atoms with Crippen LogP contribution in [0.15, 0.2) is 16.5 Å². The molecular formula is C13H22N2O3S.